The number of benzene rings is 1. The molecule has 0 amide bonds. The summed E-state index contributed by atoms with van der Waals surface area (Å²) in [6, 6.07) is 14.3. The van der Waals surface area contributed by atoms with Gasteiger partial charge in [0, 0.05) is 32.1 Å². The average Bonchev–Trinajstić information content (AvgIpc) is 3.27. The third-order valence-corrected chi connectivity index (χ3v) is 4.99. The smallest absolute Gasteiger partial charge is 0.423 e. The van der Waals surface area contributed by atoms with E-state index in [1.165, 1.54) is 36.4 Å². The number of anilines is 1. The van der Waals surface area contributed by atoms with Gasteiger partial charge in [-0.2, -0.15) is 13.2 Å². The number of carbonyl (C=O) groups is 1. The van der Waals surface area contributed by atoms with Crippen LogP contribution in [0.4, 0.5) is 19.0 Å². The first-order valence-corrected chi connectivity index (χ1v) is 9.51. The zero-order valence-electron chi connectivity index (χ0n) is 16.8. The molecule has 3 rings (SSSR count). The van der Waals surface area contributed by atoms with Gasteiger partial charge in [0.25, 0.3) is 0 Å². The van der Waals surface area contributed by atoms with Crippen LogP contribution in [0.25, 0.3) is 0 Å². The van der Waals surface area contributed by atoms with E-state index in [0.717, 1.165) is 18.2 Å². The largest absolute Gasteiger partial charge is 0.492 e. The highest BCUT2D eigenvalue weighted by atomic mass is 19.4. The van der Waals surface area contributed by atoms with Crippen LogP contribution in [0.1, 0.15) is 5.56 Å². The van der Waals surface area contributed by atoms with Crippen LogP contribution in [0.5, 0.6) is 5.75 Å². The number of carboxylic acids is 1. The molecule has 0 aliphatic carbocycles. The van der Waals surface area contributed by atoms with Crippen molar-refractivity contribution in [2.45, 2.75) is 18.1 Å². The first kappa shape index (κ1) is 22.2. The SMILES string of the molecule is CN(CCOc1ccc(CC(C(=O)O)(n2cccc2)C(F)(F)F)cc1)c1ccccn1. The zero-order valence-corrected chi connectivity index (χ0v) is 16.8. The lowest BCUT2D eigenvalue weighted by molar-refractivity contribution is -0.224. The minimum absolute atomic E-state index is 0.228. The van der Waals surface area contributed by atoms with Crippen molar-refractivity contribution in [2.75, 3.05) is 25.1 Å². The van der Waals surface area contributed by atoms with E-state index in [0.29, 0.717) is 23.5 Å². The number of hydrogen-bond acceptors (Lipinski definition) is 4. The number of likely N-dealkylation sites (N-methyl/N-ethyl adjacent to an activating group) is 1. The molecule has 164 valence electrons. The Bertz CT molecular complexity index is 977. The number of alkyl halides is 3. The molecule has 0 radical (unpaired) electrons. The van der Waals surface area contributed by atoms with Gasteiger partial charge >= 0.3 is 12.1 Å². The first-order chi connectivity index (χ1) is 14.7. The van der Waals surface area contributed by atoms with Crippen LogP contribution in [-0.4, -0.2) is 47.0 Å². The first-order valence-electron chi connectivity index (χ1n) is 9.51. The van der Waals surface area contributed by atoms with Gasteiger partial charge in [-0.05, 0) is 42.0 Å². The number of rotatable bonds is 9. The Labute approximate surface area is 177 Å². The Balaban J connectivity index is 1.68. The second-order valence-corrected chi connectivity index (χ2v) is 7.03. The highest BCUT2D eigenvalue weighted by Crippen LogP contribution is 2.40. The molecule has 0 saturated carbocycles. The lowest BCUT2D eigenvalue weighted by Gasteiger charge is -2.33. The topological polar surface area (TPSA) is 67.6 Å². The number of aromatic nitrogens is 2. The fraction of sp³-hybridized carbons (Fsp3) is 0.273. The number of hydrogen-bond donors (Lipinski definition) is 1. The standard InChI is InChI=1S/C22H22F3N3O3/c1-27(19-6-2-3-11-26-19)14-15-31-18-9-7-17(8-10-18)16-21(20(29)30,22(23,24)25)28-12-4-5-13-28/h2-13H,14-16H2,1H3,(H,29,30). The van der Waals surface area contributed by atoms with Crippen molar-refractivity contribution in [3.05, 3.63) is 78.8 Å². The molecular formula is C22H22F3N3O3. The van der Waals surface area contributed by atoms with Gasteiger partial charge in [-0.1, -0.05) is 18.2 Å². The van der Waals surface area contributed by atoms with Crippen molar-refractivity contribution in [1.82, 2.24) is 9.55 Å². The second kappa shape index (κ2) is 9.11. The normalized spacial score (nSPS) is 13.4. The van der Waals surface area contributed by atoms with Crippen molar-refractivity contribution >= 4 is 11.8 Å². The fourth-order valence-corrected chi connectivity index (χ4v) is 3.23. The minimum Gasteiger partial charge on any atom is -0.492 e. The summed E-state index contributed by atoms with van der Waals surface area (Å²) >= 11 is 0. The zero-order chi connectivity index (χ0) is 22.5. The van der Waals surface area contributed by atoms with E-state index >= 15 is 0 Å². The van der Waals surface area contributed by atoms with Crippen molar-refractivity contribution in [3.8, 4) is 5.75 Å². The van der Waals surface area contributed by atoms with Crippen LogP contribution in [-0.2, 0) is 16.8 Å². The summed E-state index contributed by atoms with van der Waals surface area (Å²) in [6.45, 7) is 0.903. The summed E-state index contributed by atoms with van der Waals surface area (Å²) in [7, 11) is 1.87. The summed E-state index contributed by atoms with van der Waals surface area (Å²) in [5, 5.41) is 9.53. The Hall–Kier alpha value is -3.49. The van der Waals surface area contributed by atoms with Crippen molar-refractivity contribution in [2.24, 2.45) is 0 Å². The molecule has 1 unspecified atom stereocenters. The van der Waals surface area contributed by atoms with E-state index in [1.54, 1.807) is 6.20 Å². The third-order valence-electron chi connectivity index (χ3n) is 4.99. The van der Waals surface area contributed by atoms with Gasteiger partial charge in [0.15, 0.2) is 0 Å². The third kappa shape index (κ3) is 4.82. The Morgan fingerprint density at radius 1 is 1.10 bits per heavy atom. The second-order valence-electron chi connectivity index (χ2n) is 7.03. The number of ether oxygens (including phenoxy) is 1. The molecule has 31 heavy (non-hydrogen) atoms. The molecule has 6 nitrogen and oxygen atoms in total. The number of pyridine rings is 1. The van der Waals surface area contributed by atoms with E-state index in [1.807, 2.05) is 30.1 Å². The van der Waals surface area contributed by atoms with E-state index < -0.39 is 24.1 Å². The Morgan fingerprint density at radius 2 is 1.77 bits per heavy atom. The predicted octanol–water partition coefficient (Wildman–Crippen LogP) is 3.98. The predicted molar refractivity (Wildman–Crippen MR) is 109 cm³/mol. The molecule has 2 heterocycles. The van der Waals surface area contributed by atoms with Crippen molar-refractivity contribution in [3.63, 3.8) is 0 Å². The molecule has 0 fully saturated rings. The molecule has 1 atom stereocenters. The van der Waals surface area contributed by atoms with Crippen molar-refractivity contribution < 1.29 is 27.8 Å². The molecular weight excluding hydrogens is 411 g/mol. The van der Waals surface area contributed by atoms with Crippen LogP contribution in [0, 0.1) is 0 Å². The summed E-state index contributed by atoms with van der Waals surface area (Å²) < 4.78 is 48.0. The minimum atomic E-state index is -5.00. The number of carboxylic acid groups (broad SMARTS) is 1. The summed E-state index contributed by atoms with van der Waals surface area (Å²) in [5.41, 5.74) is -2.86. The van der Waals surface area contributed by atoms with E-state index in [2.05, 4.69) is 4.98 Å². The quantitative estimate of drug-likeness (QED) is 0.553. The maximum Gasteiger partial charge on any atom is 0.423 e. The summed E-state index contributed by atoms with van der Waals surface area (Å²) in [4.78, 5) is 17.9. The van der Waals surface area contributed by atoms with E-state index in [-0.39, 0.29) is 5.56 Å². The molecule has 9 heteroatoms. The van der Waals surface area contributed by atoms with Crippen LogP contribution in [0.3, 0.4) is 0 Å². The molecule has 1 N–H and O–H groups in total. The molecule has 0 saturated heterocycles. The van der Waals surface area contributed by atoms with E-state index in [4.69, 9.17) is 4.74 Å². The molecule has 2 aromatic heterocycles. The van der Waals surface area contributed by atoms with Gasteiger partial charge < -0.3 is 19.3 Å². The van der Waals surface area contributed by atoms with Gasteiger partial charge in [0.05, 0.1) is 6.54 Å². The maximum atomic E-state index is 13.9. The monoisotopic (exact) mass is 433 g/mol. The lowest BCUT2D eigenvalue weighted by atomic mass is 9.89. The molecule has 1 aromatic carbocycles. The van der Waals surface area contributed by atoms with E-state index in [9.17, 15) is 23.1 Å². The molecule has 0 spiro atoms. The average molecular weight is 433 g/mol. The van der Waals surface area contributed by atoms with Gasteiger partial charge in [-0.3, -0.25) is 0 Å². The van der Waals surface area contributed by atoms with Gasteiger partial charge in [-0.25, -0.2) is 9.78 Å². The molecule has 3 aromatic rings. The summed E-state index contributed by atoms with van der Waals surface area (Å²) in [6.07, 6.45) is -1.84. The van der Waals surface area contributed by atoms with Gasteiger partial charge in [0.2, 0.25) is 5.54 Å². The van der Waals surface area contributed by atoms with Gasteiger partial charge in [-0.15, -0.1) is 0 Å². The molecule has 0 aliphatic rings. The lowest BCUT2D eigenvalue weighted by Crippen LogP contribution is -2.55. The highest BCUT2D eigenvalue weighted by Gasteiger charge is 2.62. The molecule has 0 aliphatic heterocycles. The van der Waals surface area contributed by atoms with Crippen molar-refractivity contribution in [1.29, 1.82) is 0 Å². The number of halogens is 3. The van der Waals surface area contributed by atoms with Crippen LogP contribution < -0.4 is 9.64 Å². The van der Waals surface area contributed by atoms with Crippen LogP contribution in [0.15, 0.2) is 73.2 Å². The van der Waals surface area contributed by atoms with Gasteiger partial charge in [0.1, 0.15) is 18.2 Å². The summed E-state index contributed by atoms with van der Waals surface area (Å²) in [5.74, 6) is -0.690. The number of aliphatic carboxylic acids is 1. The molecule has 0 bridgehead atoms. The van der Waals surface area contributed by atoms with Crippen LogP contribution in [0.2, 0.25) is 0 Å². The Morgan fingerprint density at radius 3 is 2.32 bits per heavy atom. The number of nitrogens with zero attached hydrogens (tertiary/aromatic N) is 3. The maximum absolute atomic E-state index is 13.9. The fourth-order valence-electron chi connectivity index (χ4n) is 3.23. The Kier molecular flexibility index (Phi) is 6.53. The van der Waals surface area contributed by atoms with Crippen LogP contribution >= 0.6 is 0 Å². The highest BCUT2D eigenvalue weighted by molar-refractivity contribution is 5.78.